The molecule has 11 heteroatoms. The van der Waals surface area contributed by atoms with Crippen molar-refractivity contribution < 1.29 is 19.1 Å². The molecule has 0 bridgehead atoms. The smallest absolute Gasteiger partial charge is 0.274 e. The topological polar surface area (TPSA) is 113 Å². The maximum atomic E-state index is 13.7. The Morgan fingerprint density at radius 2 is 1.76 bits per heavy atom. The van der Waals surface area contributed by atoms with Crippen LogP contribution in [-0.2, 0) is 6.61 Å². The van der Waals surface area contributed by atoms with Gasteiger partial charge < -0.3 is 20.1 Å². The van der Waals surface area contributed by atoms with E-state index in [2.05, 4.69) is 4.98 Å². The number of aryl methyl sites for hydroxylation is 1. The van der Waals surface area contributed by atoms with E-state index >= 15 is 0 Å². The highest BCUT2D eigenvalue weighted by atomic mass is 35.5. The van der Waals surface area contributed by atoms with E-state index in [4.69, 9.17) is 43.5 Å². The number of hydrogen-bond acceptors (Lipinski definition) is 6. The highest BCUT2D eigenvalue weighted by Crippen LogP contribution is 2.46. The van der Waals surface area contributed by atoms with Crippen LogP contribution in [0.5, 0.6) is 11.5 Å². The van der Waals surface area contributed by atoms with Gasteiger partial charge in [0.05, 0.1) is 29.7 Å². The number of nitrogens with zero attached hydrogens (tertiary/aromatic N) is 4. The van der Waals surface area contributed by atoms with Gasteiger partial charge in [-0.25, -0.2) is 4.68 Å². The Labute approximate surface area is 247 Å². The van der Waals surface area contributed by atoms with Crippen LogP contribution in [0, 0.1) is 6.92 Å². The van der Waals surface area contributed by atoms with Gasteiger partial charge >= 0.3 is 0 Å². The van der Waals surface area contributed by atoms with Crippen molar-refractivity contribution >= 4 is 35.0 Å². The zero-order valence-corrected chi connectivity index (χ0v) is 25.0. The van der Waals surface area contributed by atoms with Gasteiger partial charge in [-0.2, -0.15) is 5.10 Å². The number of rotatable bonds is 5. The first-order chi connectivity index (χ1) is 19.3. The van der Waals surface area contributed by atoms with Crippen molar-refractivity contribution in [3.63, 3.8) is 0 Å². The molecule has 41 heavy (non-hydrogen) atoms. The quantitative estimate of drug-likeness (QED) is 0.300. The van der Waals surface area contributed by atoms with Crippen molar-refractivity contribution in [1.29, 1.82) is 0 Å². The lowest BCUT2D eigenvalue weighted by Gasteiger charge is -2.31. The molecule has 5 rings (SSSR count). The van der Waals surface area contributed by atoms with Crippen molar-refractivity contribution in [2.75, 3.05) is 14.2 Å². The first-order valence-corrected chi connectivity index (χ1v) is 13.5. The van der Waals surface area contributed by atoms with Crippen LogP contribution < -0.4 is 15.2 Å². The fraction of sp³-hybridized carbons (Fsp3) is 0.267. The van der Waals surface area contributed by atoms with E-state index in [1.54, 1.807) is 67.2 Å². The Morgan fingerprint density at radius 3 is 2.37 bits per heavy atom. The van der Waals surface area contributed by atoms with Crippen LogP contribution in [0.2, 0.25) is 10.0 Å². The Bertz CT molecular complexity index is 1700. The van der Waals surface area contributed by atoms with Gasteiger partial charge in [0.15, 0.2) is 5.69 Å². The van der Waals surface area contributed by atoms with Gasteiger partial charge in [0.2, 0.25) is 0 Å². The highest BCUT2D eigenvalue weighted by Gasteiger charge is 2.35. The molecule has 2 aromatic heterocycles. The summed E-state index contributed by atoms with van der Waals surface area (Å²) in [5, 5.41) is 5.64. The van der Waals surface area contributed by atoms with Gasteiger partial charge in [0, 0.05) is 57.1 Å². The molecule has 0 saturated carbocycles. The number of fused-ring (bicyclic) bond motifs is 3. The lowest BCUT2D eigenvalue weighted by molar-refractivity contribution is 0.0646. The number of benzene rings is 2. The summed E-state index contributed by atoms with van der Waals surface area (Å²) in [6.45, 7) is 7.67. The molecule has 2 aromatic carbocycles. The van der Waals surface area contributed by atoms with Crippen molar-refractivity contribution in [2.45, 2.75) is 39.8 Å². The third-order valence-corrected chi connectivity index (χ3v) is 7.62. The summed E-state index contributed by atoms with van der Waals surface area (Å²) >= 11 is 12.7. The maximum absolute atomic E-state index is 13.7. The standard InChI is InChI=1S/C30H29Cl2N5O4/c1-15-20(28(33)38)7-16(13-34-15)21-11-22-25(12-24(21)40-6)41-14-23-26(29(39)36(5)30(2,3)4)35-37(27(22)23)19-9-17(31)8-18(32)10-19/h7-13H,14H2,1-6H3,(H2,33,38). The van der Waals surface area contributed by atoms with Gasteiger partial charge in [-0.05, 0) is 58.0 Å². The van der Waals surface area contributed by atoms with E-state index in [0.29, 0.717) is 66.4 Å². The number of hydrogen-bond donors (Lipinski definition) is 1. The number of primary amides is 1. The average Bonchev–Trinajstić information content (AvgIpc) is 3.30. The van der Waals surface area contributed by atoms with Crippen LogP contribution in [0.4, 0.5) is 0 Å². The number of aromatic nitrogens is 3. The molecule has 0 saturated heterocycles. The van der Waals surface area contributed by atoms with E-state index in [0.717, 1.165) is 0 Å². The molecule has 212 valence electrons. The van der Waals surface area contributed by atoms with Gasteiger partial charge in [-0.15, -0.1) is 0 Å². The summed E-state index contributed by atoms with van der Waals surface area (Å²) in [5.74, 6) is 0.205. The molecule has 1 aliphatic rings. The van der Waals surface area contributed by atoms with Gasteiger partial charge in [0.25, 0.3) is 11.8 Å². The molecule has 0 aliphatic carbocycles. The van der Waals surface area contributed by atoms with Crippen LogP contribution in [0.15, 0.2) is 42.6 Å². The fourth-order valence-corrected chi connectivity index (χ4v) is 5.20. The van der Waals surface area contributed by atoms with Gasteiger partial charge in [0.1, 0.15) is 18.1 Å². The van der Waals surface area contributed by atoms with Crippen molar-refractivity contribution in [2.24, 2.45) is 5.73 Å². The molecular formula is C30H29Cl2N5O4. The average molecular weight is 594 g/mol. The molecule has 2 amide bonds. The predicted molar refractivity (Wildman–Crippen MR) is 158 cm³/mol. The molecule has 0 spiro atoms. The summed E-state index contributed by atoms with van der Waals surface area (Å²) in [6.07, 6.45) is 1.65. The lowest BCUT2D eigenvalue weighted by Crippen LogP contribution is -2.43. The van der Waals surface area contributed by atoms with Crippen molar-refractivity contribution in [1.82, 2.24) is 19.7 Å². The predicted octanol–water partition coefficient (Wildman–Crippen LogP) is 6.09. The summed E-state index contributed by atoms with van der Waals surface area (Å²) in [7, 11) is 3.29. The summed E-state index contributed by atoms with van der Waals surface area (Å²) in [6, 6.07) is 10.4. The molecule has 2 N–H and O–H groups in total. The second-order valence-electron chi connectivity index (χ2n) is 10.8. The third kappa shape index (κ3) is 5.11. The van der Waals surface area contributed by atoms with Crippen LogP contribution in [0.1, 0.15) is 52.9 Å². The van der Waals surface area contributed by atoms with Gasteiger partial charge in [-0.1, -0.05) is 23.2 Å². The molecule has 0 atom stereocenters. The first kappa shape index (κ1) is 28.4. The number of carbonyl (C=O) groups excluding carboxylic acids is 2. The minimum absolute atomic E-state index is 0.107. The molecule has 0 unspecified atom stereocenters. The van der Waals surface area contributed by atoms with Crippen LogP contribution in [-0.4, -0.2) is 51.2 Å². The first-order valence-electron chi connectivity index (χ1n) is 12.8. The number of carbonyl (C=O) groups is 2. The monoisotopic (exact) mass is 593 g/mol. The summed E-state index contributed by atoms with van der Waals surface area (Å²) in [5.41, 5.74) is 10.00. The number of halogens is 2. The number of nitrogens with two attached hydrogens (primary N) is 1. The van der Waals surface area contributed by atoms with Crippen molar-refractivity contribution in [3.8, 4) is 39.6 Å². The zero-order chi connectivity index (χ0) is 29.8. The third-order valence-electron chi connectivity index (χ3n) is 7.18. The fourth-order valence-electron chi connectivity index (χ4n) is 4.69. The highest BCUT2D eigenvalue weighted by molar-refractivity contribution is 6.34. The Morgan fingerprint density at radius 1 is 1.07 bits per heavy atom. The van der Waals surface area contributed by atoms with Crippen LogP contribution >= 0.6 is 23.2 Å². The molecule has 3 heterocycles. The normalized spacial score (nSPS) is 12.3. The number of pyridine rings is 1. The lowest BCUT2D eigenvalue weighted by atomic mass is 9.95. The maximum Gasteiger partial charge on any atom is 0.274 e. The molecule has 1 aliphatic heterocycles. The summed E-state index contributed by atoms with van der Waals surface area (Å²) in [4.78, 5) is 31.8. The Balaban J connectivity index is 1.80. The van der Waals surface area contributed by atoms with Crippen molar-refractivity contribution in [3.05, 3.63) is 75.2 Å². The SMILES string of the molecule is COc1cc2c(cc1-c1cnc(C)c(C(N)=O)c1)-c1c(c(C(=O)N(C)C(C)(C)C)nn1-c1cc(Cl)cc(Cl)c1)CO2. The second kappa shape index (κ2) is 10.4. The zero-order valence-electron chi connectivity index (χ0n) is 23.5. The van der Waals surface area contributed by atoms with E-state index in [-0.39, 0.29) is 18.2 Å². The van der Waals surface area contributed by atoms with E-state index in [1.165, 1.54) is 0 Å². The van der Waals surface area contributed by atoms with Gasteiger partial charge in [-0.3, -0.25) is 14.6 Å². The minimum atomic E-state index is -0.582. The largest absolute Gasteiger partial charge is 0.496 e. The molecule has 0 radical (unpaired) electrons. The van der Waals surface area contributed by atoms with Crippen LogP contribution in [0.3, 0.4) is 0 Å². The minimum Gasteiger partial charge on any atom is -0.496 e. The molecule has 9 nitrogen and oxygen atoms in total. The Hall–Kier alpha value is -4.08. The number of amides is 2. The number of ether oxygens (including phenoxy) is 2. The molecule has 4 aromatic rings. The van der Waals surface area contributed by atoms with Crippen LogP contribution in [0.25, 0.3) is 28.1 Å². The molecular weight excluding hydrogens is 565 g/mol. The van der Waals surface area contributed by atoms with E-state index < -0.39 is 11.4 Å². The second-order valence-corrected chi connectivity index (χ2v) is 11.7. The summed E-state index contributed by atoms with van der Waals surface area (Å²) < 4.78 is 13.5. The molecule has 0 fully saturated rings. The number of methoxy groups -OCH3 is 1. The van der Waals surface area contributed by atoms with E-state index in [1.807, 2.05) is 26.8 Å². The van der Waals surface area contributed by atoms with E-state index in [9.17, 15) is 9.59 Å². The Kier molecular flexibility index (Phi) is 7.21.